The Hall–Kier alpha value is -4.82. The highest BCUT2D eigenvalue weighted by Crippen LogP contribution is 2.47. The predicted octanol–water partition coefficient (Wildman–Crippen LogP) is 8.79. The fraction of sp³-hybridized carbons (Fsp3) is 0. The van der Waals surface area contributed by atoms with Crippen LogP contribution in [0.25, 0.3) is 67.0 Å². The summed E-state index contributed by atoms with van der Waals surface area (Å²) in [6.07, 6.45) is 3.78. The largest absolute Gasteiger partial charge is 0.256 e. The van der Waals surface area contributed by atoms with E-state index in [1.807, 2.05) is 24.5 Å². The van der Waals surface area contributed by atoms with Crippen molar-refractivity contribution in [2.45, 2.75) is 0 Å². The second kappa shape index (κ2) is 8.44. The van der Waals surface area contributed by atoms with Gasteiger partial charge in [0.15, 0.2) is 0 Å². The summed E-state index contributed by atoms with van der Waals surface area (Å²) in [5, 5.41) is 0. The van der Waals surface area contributed by atoms with E-state index in [0.717, 1.165) is 44.8 Å². The maximum absolute atomic E-state index is 4.93. The molecule has 2 aromatic heterocycles. The van der Waals surface area contributed by atoms with Gasteiger partial charge in [0.1, 0.15) is 0 Å². The molecular formula is C34H22N2. The lowest BCUT2D eigenvalue weighted by Gasteiger charge is -2.22. The van der Waals surface area contributed by atoms with Gasteiger partial charge in [0.25, 0.3) is 0 Å². The standard InChI is InChI=1S/C34H22N2/c1-3-9-23(10-4-1)25-15-17-27-29-13-7-20-36-34(29)32-22-26(24-11-5-2-6-12-24)16-18-28(32)30-14-8-19-35-33(30)31(27)21-25/h1-22H. The third-order valence-corrected chi connectivity index (χ3v) is 6.96. The van der Waals surface area contributed by atoms with Crippen molar-refractivity contribution in [2.24, 2.45) is 0 Å². The number of fused-ring (bicyclic) bond motifs is 8. The quantitative estimate of drug-likeness (QED) is 0.259. The lowest BCUT2D eigenvalue weighted by atomic mass is 9.83. The highest BCUT2D eigenvalue weighted by atomic mass is 14.7. The van der Waals surface area contributed by atoms with Gasteiger partial charge in [-0.3, -0.25) is 9.97 Å². The molecule has 0 unspecified atom stereocenters. The Labute approximate surface area is 210 Å². The van der Waals surface area contributed by atoms with E-state index >= 15 is 0 Å². The Kier molecular flexibility index (Phi) is 4.82. The molecule has 0 radical (unpaired) electrons. The second-order valence-corrected chi connectivity index (χ2v) is 9.05. The normalized spacial score (nSPS) is 11.3. The number of benzene rings is 4. The van der Waals surface area contributed by atoms with Crippen LogP contribution in [-0.2, 0) is 0 Å². The molecule has 0 spiro atoms. The second-order valence-electron chi connectivity index (χ2n) is 9.05. The van der Waals surface area contributed by atoms with Crippen molar-refractivity contribution in [2.75, 3.05) is 0 Å². The van der Waals surface area contributed by atoms with Crippen LogP contribution in [0, 0.1) is 0 Å². The van der Waals surface area contributed by atoms with E-state index in [0.29, 0.717) is 0 Å². The average Bonchev–Trinajstić information content (AvgIpc) is 2.97. The molecule has 1 aliphatic carbocycles. The molecule has 6 aromatic rings. The van der Waals surface area contributed by atoms with Gasteiger partial charge in [-0.25, -0.2) is 0 Å². The van der Waals surface area contributed by atoms with Gasteiger partial charge >= 0.3 is 0 Å². The van der Waals surface area contributed by atoms with Crippen molar-refractivity contribution in [3.8, 4) is 67.0 Å². The molecule has 1 aliphatic rings. The summed E-state index contributed by atoms with van der Waals surface area (Å²) in [4.78, 5) is 9.86. The molecule has 0 bridgehead atoms. The molecule has 2 nitrogen and oxygen atoms in total. The summed E-state index contributed by atoms with van der Waals surface area (Å²) in [6, 6.07) is 42.8. The van der Waals surface area contributed by atoms with Crippen molar-refractivity contribution >= 4 is 0 Å². The number of pyridine rings is 2. The van der Waals surface area contributed by atoms with Crippen LogP contribution in [0.2, 0.25) is 0 Å². The summed E-state index contributed by atoms with van der Waals surface area (Å²) >= 11 is 0. The Morgan fingerprint density at radius 2 is 0.750 bits per heavy atom. The summed E-state index contributed by atoms with van der Waals surface area (Å²) in [5.74, 6) is 0. The van der Waals surface area contributed by atoms with E-state index in [4.69, 9.17) is 9.97 Å². The lowest BCUT2D eigenvalue weighted by molar-refractivity contribution is 1.29. The fourth-order valence-corrected chi connectivity index (χ4v) is 5.24. The van der Waals surface area contributed by atoms with Crippen LogP contribution in [-0.4, -0.2) is 9.97 Å². The van der Waals surface area contributed by atoms with E-state index in [1.54, 1.807) is 0 Å². The molecule has 36 heavy (non-hydrogen) atoms. The third kappa shape index (κ3) is 3.35. The molecule has 2 heteroatoms. The van der Waals surface area contributed by atoms with E-state index in [2.05, 4.69) is 109 Å². The van der Waals surface area contributed by atoms with Gasteiger partial charge in [-0.2, -0.15) is 0 Å². The number of rotatable bonds is 2. The SMILES string of the molecule is c1ccc(-c2ccc3c(c2)-c2ncccc2-c2ccc(-c4ccccc4)cc2-c2ncccc2-3)cc1. The Morgan fingerprint density at radius 1 is 0.306 bits per heavy atom. The molecule has 7 rings (SSSR count). The third-order valence-electron chi connectivity index (χ3n) is 6.96. The molecule has 0 fully saturated rings. The summed E-state index contributed by atoms with van der Waals surface area (Å²) < 4.78 is 0. The van der Waals surface area contributed by atoms with E-state index in [1.165, 1.54) is 22.3 Å². The van der Waals surface area contributed by atoms with Crippen molar-refractivity contribution in [1.29, 1.82) is 0 Å². The molecule has 2 heterocycles. The Bertz CT molecular complexity index is 1590. The van der Waals surface area contributed by atoms with Gasteiger partial charge in [0.05, 0.1) is 11.4 Å². The van der Waals surface area contributed by atoms with Crippen LogP contribution >= 0.6 is 0 Å². The number of hydrogen-bond acceptors (Lipinski definition) is 2. The molecule has 0 amide bonds. The van der Waals surface area contributed by atoms with Gasteiger partial charge in [-0.15, -0.1) is 0 Å². The summed E-state index contributed by atoms with van der Waals surface area (Å²) in [6.45, 7) is 0. The zero-order valence-electron chi connectivity index (χ0n) is 19.6. The highest BCUT2D eigenvalue weighted by molar-refractivity contribution is 6.02. The van der Waals surface area contributed by atoms with Crippen LogP contribution in [0.4, 0.5) is 0 Å². The first kappa shape index (κ1) is 20.5. The Morgan fingerprint density at radius 3 is 1.19 bits per heavy atom. The maximum atomic E-state index is 4.93. The molecule has 168 valence electrons. The van der Waals surface area contributed by atoms with Gasteiger partial charge in [-0.1, -0.05) is 97.1 Å². The van der Waals surface area contributed by atoms with Crippen LogP contribution in [0.15, 0.2) is 134 Å². The van der Waals surface area contributed by atoms with Crippen molar-refractivity contribution in [1.82, 2.24) is 9.97 Å². The van der Waals surface area contributed by atoms with Crippen LogP contribution < -0.4 is 0 Å². The monoisotopic (exact) mass is 458 g/mol. The van der Waals surface area contributed by atoms with Gasteiger partial charge in [0.2, 0.25) is 0 Å². The fourth-order valence-electron chi connectivity index (χ4n) is 5.24. The number of hydrogen-bond donors (Lipinski definition) is 0. The van der Waals surface area contributed by atoms with Crippen LogP contribution in [0.3, 0.4) is 0 Å². The first-order valence-electron chi connectivity index (χ1n) is 12.2. The summed E-state index contributed by atoms with van der Waals surface area (Å²) in [5.41, 5.74) is 13.5. The topological polar surface area (TPSA) is 25.8 Å². The van der Waals surface area contributed by atoms with E-state index < -0.39 is 0 Å². The van der Waals surface area contributed by atoms with Gasteiger partial charge in [0, 0.05) is 34.6 Å². The predicted molar refractivity (Wildman–Crippen MR) is 148 cm³/mol. The molecule has 0 atom stereocenters. The lowest BCUT2D eigenvalue weighted by Crippen LogP contribution is -2.00. The molecular weight excluding hydrogens is 436 g/mol. The van der Waals surface area contributed by atoms with Crippen molar-refractivity contribution < 1.29 is 0 Å². The van der Waals surface area contributed by atoms with Gasteiger partial charge in [-0.05, 0) is 57.6 Å². The average molecular weight is 459 g/mol. The number of aromatic nitrogens is 2. The van der Waals surface area contributed by atoms with Gasteiger partial charge < -0.3 is 0 Å². The molecule has 4 aromatic carbocycles. The first-order valence-corrected chi connectivity index (χ1v) is 12.2. The smallest absolute Gasteiger partial charge is 0.0786 e. The van der Waals surface area contributed by atoms with Crippen molar-refractivity contribution in [3.05, 3.63) is 134 Å². The summed E-state index contributed by atoms with van der Waals surface area (Å²) in [7, 11) is 0. The first-order chi connectivity index (χ1) is 17.9. The maximum Gasteiger partial charge on any atom is 0.0786 e. The van der Waals surface area contributed by atoms with Crippen LogP contribution in [0.5, 0.6) is 0 Å². The zero-order chi connectivity index (χ0) is 23.9. The van der Waals surface area contributed by atoms with E-state index in [-0.39, 0.29) is 0 Å². The minimum absolute atomic E-state index is 0.994. The molecule has 0 aliphatic heterocycles. The molecule has 0 saturated heterocycles. The zero-order valence-corrected chi connectivity index (χ0v) is 19.6. The highest BCUT2D eigenvalue weighted by Gasteiger charge is 2.24. The number of nitrogens with zero attached hydrogens (tertiary/aromatic N) is 2. The van der Waals surface area contributed by atoms with Crippen molar-refractivity contribution in [3.63, 3.8) is 0 Å². The van der Waals surface area contributed by atoms with E-state index in [9.17, 15) is 0 Å². The molecule has 0 saturated carbocycles. The Balaban J connectivity index is 1.54. The van der Waals surface area contributed by atoms with Crippen LogP contribution in [0.1, 0.15) is 0 Å². The molecule has 0 N–H and O–H groups in total. The minimum atomic E-state index is 0.994. The minimum Gasteiger partial charge on any atom is -0.256 e.